The number of amides is 1. The van der Waals surface area contributed by atoms with E-state index in [1.807, 2.05) is 11.4 Å². The zero-order valence-electron chi connectivity index (χ0n) is 14.7. The van der Waals surface area contributed by atoms with Gasteiger partial charge in [0.25, 0.3) is 0 Å². The largest absolute Gasteiger partial charge is 0.349 e. The average molecular weight is 384 g/mol. The van der Waals surface area contributed by atoms with Gasteiger partial charge in [0.1, 0.15) is 11.4 Å². The lowest BCUT2D eigenvalue weighted by atomic mass is 9.89. The zero-order valence-corrected chi connectivity index (χ0v) is 16.3. The van der Waals surface area contributed by atoms with Gasteiger partial charge in [-0.1, -0.05) is 30.0 Å². The van der Waals surface area contributed by atoms with E-state index in [0.29, 0.717) is 5.75 Å². The molecule has 1 aliphatic rings. The van der Waals surface area contributed by atoms with Crippen molar-refractivity contribution >= 4 is 39.2 Å². The second-order valence-corrected chi connectivity index (χ2v) is 8.51. The Labute approximate surface area is 161 Å². The van der Waals surface area contributed by atoms with Crippen LogP contribution in [-0.2, 0) is 17.6 Å². The monoisotopic (exact) mass is 383 g/mol. The maximum atomic E-state index is 12.4. The SMILES string of the molecule is CC(NC(=O)CSc1ncnc2ccsc12)c1ccc2c(c1)CCCC2. The van der Waals surface area contributed by atoms with Crippen LogP contribution in [0.1, 0.15) is 42.5 Å². The molecule has 1 atom stereocenters. The molecule has 0 spiro atoms. The second kappa shape index (κ2) is 7.76. The van der Waals surface area contributed by atoms with E-state index in [1.54, 1.807) is 17.7 Å². The van der Waals surface area contributed by atoms with Gasteiger partial charge in [0.15, 0.2) is 0 Å². The Hall–Kier alpha value is -1.92. The molecular formula is C20H21N3OS2. The number of nitrogens with one attached hydrogen (secondary N) is 1. The number of thiophene rings is 1. The van der Waals surface area contributed by atoms with Crippen molar-refractivity contribution in [1.82, 2.24) is 15.3 Å². The fourth-order valence-corrected chi connectivity index (χ4v) is 5.15. The van der Waals surface area contributed by atoms with Crippen molar-refractivity contribution in [2.45, 2.75) is 43.7 Å². The summed E-state index contributed by atoms with van der Waals surface area (Å²) in [6.45, 7) is 2.05. The maximum absolute atomic E-state index is 12.4. The molecule has 2 aromatic heterocycles. The first-order valence-corrected chi connectivity index (χ1v) is 10.8. The van der Waals surface area contributed by atoms with Gasteiger partial charge >= 0.3 is 0 Å². The fourth-order valence-electron chi connectivity index (χ4n) is 3.39. The highest BCUT2D eigenvalue weighted by Gasteiger charge is 2.15. The van der Waals surface area contributed by atoms with Gasteiger partial charge in [-0.3, -0.25) is 4.79 Å². The number of benzene rings is 1. The summed E-state index contributed by atoms with van der Waals surface area (Å²) >= 11 is 3.08. The van der Waals surface area contributed by atoms with Crippen LogP contribution in [0.25, 0.3) is 10.2 Å². The van der Waals surface area contributed by atoms with Crippen LogP contribution in [0.4, 0.5) is 0 Å². The van der Waals surface area contributed by atoms with Crippen molar-refractivity contribution in [3.05, 3.63) is 52.7 Å². The standard InChI is InChI=1S/C20H21N3OS2/c1-13(15-7-6-14-4-2-3-5-16(14)10-15)23-18(24)11-26-20-19-17(8-9-25-19)21-12-22-20/h6-10,12-13H,2-5,11H2,1H3,(H,23,24). The van der Waals surface area contributed by atoms with Crippen LogP contribution in [-0.4, -0.2) is 21.6 Å². The molecule has 1 N–H and O–H groups in total. The van der Waals surface area contributed by atoms with Crippen LogP contribution in [0.5, 0.6) is 0 Å². The minimum Gasteiger partial charge on any atom is -0.349 e. The molecule has 0 saturated carbocycles. The van der Waals surface area contributed by atoms with Gasteiger partial charge in [-0.2, -0.15) is 0 Å². The van der Waals surface area contributed by atoms with Gasteiger partial charge < -0.3 is 5.32 Å². The maximum Gasteiger partial charge on any atom is 0.230 e. The number of hydrogen-bond acceptors (Lipinski definition) is 5. The number of aryl methyl sites for hydroxylation is 2. The number of aromatic nitrogens is 2. The topological polar surface area (TPSA) is 54.9 Å². The lowest BCUT2D eigenvalue weighted by Crippen LogP contribution is -2.28. The molecule has 4 nitrogen and oxygen atoms in total. The first-order valence-electron chi connectivity index (χ1n) is 8.93. The third kappa shape index (κ3) is 3.76. The molecule has 1 amide bonds. The summed E-state index contributed by atoms with van der Waals surface area (Å²) in [4.78, 5) is 20.9. The highest BCUT2D eigenvalue weighted by molar-refractivity contribution is 8.00. The minimum atomic E-state index is 0.0162. The molecule has 1 aliphatic carbocycles. The fraction of sp³-hybridized carbons (Fsp3) is 0.350. The molecule has 0 aliphatic heterocycles. The van der Waals surface area contributed by atoms with E-state index in [0.717, 1.165) is 21.7 Å². The summed E-state index contributed by atoms with van der Waals surface area (Å²) < 4.78 is 1.05. The molecule has 4 rings (SSSR count). The Morgan fingerprint density at radius 2 is 2.08 bits per heavy atom. The molecule has 1 aromatic carbocycles. The second-order valence-electron chi connectivity index (χ2n) is 6.63. The Kier molecular flexibility index (Phi) is 5.22. The highest BCUT2D eigenvalue weighted by Crippen LogP contribution is 2.29. The number of carbonyl (C=O) groups is 1. The smallest absolute Gasteiger partial charge is 0.230 e. The number of hydrogen-bond donors (Lipinski definition) is 1. The normalized spacial score (nSPS) is 14.8. The van der Waals surface area contributed by atoms with E-state index in [2.05, 4.69) is 40.4 Å². The van der Waals surface area contributed by atoms with Crippen molar-refractivity contribution in [3.63, 3.8) is 0 Å². The molecule has 3 aromatic rings. The first-order chi connectivity index (χ1) is 12.7. The number of carbonyl (C=O) groups excluding carboxylic acids is 1. The summed E-state index contributed by atoms with van der Waals surface area (Å²) in [6, 6.07) is 8.65. The Balaban J connectivity index is 1.38. The summed E-state index contributed by atoms with van der Waals surface area (Å²) in [7, 11) is 0. The number of nitrogens with zero attached hydrogens (tertiary/aromatic N) is 2. The molecule has 0 bridgehead atoms. The number of fused-ring (bicyclic) bond motifs is 2. The van der Waals surface area contributed by atoms with Crippen molar-refractivity contribution in [3.8, 4) is 0 Å². The molecule has 0 fully saturated rings. The van der Waals surface area contributed by atoms with Crippen molar-refractivity contribution in [2.75, 3.05) is 5.75 Å². The molecular weight excluding hydrogens is 362 g/mol. The highest BCUT2D eigenvalue weighted by atomic mass is 32.2. The molecule has 1 unspecified atom stereocenters. The van der Waals surface area contributed by atoms with Gasteiger partial charge in [-0.05, 0) is 60.7 Å². The van der Waals surface area contributed by atoms with Crippen LogP contribution in [0, 0.1) is 0 Å². The van der Waals surface area contributed by atoms with Crippen LogP contribution in [0.3, 0.4) is 0 Å². The first kappa shape index (κ1) is 17.5. The van der Waals surface area contributed by atoms with Crippen molar-refractivity contribution in [2.24, 2.45) is 0 Å². The molecule has 0 saturated heterocycles. The lowest BCUT2D eigenvalue weighted by Gasteiger charge is -2.20. The zero-order chi connectivity index (χ0) is 17.9. The van der Waals surface area contributed by atoms with Crippen molar-refractivity contribution in [1.29, 1.82) is 0 Å². The summed E-state index contributed by atoms with van der Waals surface area (Å²) in [5.41, 5.74) is 5.05. The van der Waals surface area contributed by atoms with Crippen molar-refractivity contribution < 1.29 is 4.79 Å². The van der Waals surface area contributed by atoms with Gasteiger partial charge in [0.2, 0.25) is 5.91 Å². The van der Waals surface area contributed by atoms with E-state index in [1.165, 1.54) is 47.7 Å². The third-order valence-corrected chi connectivity index (χ3v) is 6.83. The Morgan fingerprint density at radius 1 is 1.23 bits per heavy atom. The van der Waals surface area contributed by atoms with E-state index >= 15 is 0 Å². The predicted molar refractivity (Wildman–Crippen MR) is 108 cm³/mol. The van der Waals surface area contributed by atoms with Crippen LogP contribution in [0.2, 0.25) is 0 Å². The number of rotatable bonds is 5. The van der Waals surface area contributed by atoms with Gasteiger partial charge in [-0.15, -0.1) is 11.3 Å². The van der Waals surface area contributed by atoms with E-state index in [-0.39, 0.29) is 11.9 Å². The molecule has 2 heterocycles. The lowest BCUT2D eigenvalue weighted by molar-refractivity contribution is -0.119. The van der Waals surface area contributed by atoms with Gasteiger partial charge in [0, 0.05) is 0 Å². The Morgan fingerprint density at radius 3 is 2.96 bits per heavy atom. The quantitative estimate of drug-likeness (QED) is 0.519. The van der Waals surface area contributed by atoms with Crippen LogP contribution in [0.15, 0.2) is 41.0 Å². The molecule has 6 heteroatoms. The minimum absolute atomic E-state index is 0.0162. The average Bonchev–Trinajstić information content (AvgIpc) is 3.15. The molecule has 0 radical (unpaired) electrons. The van der Waals surface area contributed by atoms with Crippen LogP contribution < -0.4 is 5.32 Å². The van der Waals surface area contributed by atoms with E-state index < -0.39 is 0 Å². The summed E-state index contributed by atoms with van der Waals surface area (Å²) in [5.74, 6) is 0.391. The summed E-state index contributed by atoms with van der Waals surface area (Å²) in [5, 5.41) is 5.99. The predicted octanol–water partition coefficient (Wildman–Crippen LogP) is 4.54. The van der Waals surface area contributed by atoms with E-state index in [4.69, 9.17) is 0 Å². The molecule has 26 heavy (non-hydrogen) atoms. The Bertz CT molecular complexity index is 938. The van der Waals surface area contributed by atoms with Gasteiger partial charge in [0.05, 0.1) is 22.0 Å². The number of thioether (sulfide) groups is 1. The van der Waals surface area contributed by atoms with E-state index in [9.17, 15) is 4.79 Å². The van der Waals surface area contributed by atoms with Gasteiger partial charge in [-0.25, -0.2) is 9.97 Å². The third-order valence-electron chi connectivity index (χ3n) is 4.80. The molecule has 134 valence electrons. The van der Waals surface area contributed by atoms with Crippen LogP contribution >= 0.6 is 23.1 Å². The summed E-state index contributed by atoms with van der Waals surface area (Å²) in [6.07, 6.45) is 6.46.